The van der Waals surface area contributed by atoms with Crippen molar-refractivity contribution in [2.75, 3.05) is 13.1 Å². The number of rotatable bonds is 4. The van der Waals surface area contributed by atoms with Gasteiger partial charge in [0.2, 0.25) is 0 Å². The molecule has 5 heteroatoms. The van der Waals surface area contributed by atoms with E-state index in [1.54, 1.807) is 0 Å². The standard InChI is InChI=1S/C16H23N5/c1-20-8-3-5-14(20)11-21-9-2-4-13(10-21)16-17-15(18-19-16)12-6-7-12/h3,5,8,12-13H,2,4,6-7,9-11H2,1H3,(H,17,18,19). The highest BCUT2D eigenvalue weighted by Crippen LogP contribution is 2.38. The SMILES string of the molecule is Cn1cccc1CN1CCCC(c2n[nH]c(C3CC3)n2)C1. The highest BCUT2D eigenvalue weighted by atomic mass is 15.2. The maximum atomic E-state index is 4.75. The van der Waals surface area contributed by atoms with Gasteiger partial charge in [0, 0.05) is 43.9 Å². The highest BCUT2D eigenvalue weighted by Gasteiger charge is 2.30. The average molecular weight is 285 g/mol. The monoisotopic (exact) mass is 285 g/mol. The predicted molar refractivity (Wildman–Crippen MR) is 81.0 cm³/mol. The Morgan fingerprint density at radius 3 is 2.95 bits per heavy atom. The zero-order valence-electron chi connectivity index (χ0n) is 12.6. The molecule has 1 aliphatic carbocycles. The number of likely N-dealkylation sites (tertiary alicyclic amines) is 1. The van der Waals surface area contributed by atoms with Gasteiger partial charge < -0.3 is 4.57 Å². The molecule has 112 valence electrons. The molecular formula is C16H23N5. The lowest BCUT2D eigenvalue weighted by molar-refractivity contribution is 0.193. The van der Waals surface area contributed by atoms with Crippen LogP contribution in [-0.4, -0.2) is 37.7 Å². The summed E-state index contributed by atoms with van der Waals surface area (Å²) in [5.74, 6) is 3.30. The Morgan fingerprint density at radius 1 is 1.29 bits per heavy atom. The summed E-state index contributed by atoms with van der Waals surface area (Å²) in [6.07, 6.45) is 7.12. The van der Waals surface area contributed by atoms with E-state index in [4.69, 9.17) is 4.98 Å². The van der Waals surface area contributed by atoms with Crippen molar-refractivity contribution in [1.29, 1.82) is 0 Å². The zero-order chi connectivity index (χ0) is 14.2. The van der Waals surface area contributed by atoms with Crippen molar-refractivity contribution in [3.05, 3.63) is 35.7 Å². The molecule has 0 bridgehead atoms. The topological polar surface area (TPSA) is 49.7 Å². The van der Waals surface area contributed by atoms with Gasteiger partial charge in [-0.25, -0.2) is 4.98 Å². The Morgan fingerprint density at radius 2 is 2.19 bits per heavy atom. The van der Waals surface area contributed by atoms with Gasteiger partial charge in [-0.2, -0.15) is 5.10 Å². The van der Waals surface area contributed by atoms with Gasteiger partial charge in [0.15, 0.2) is 5.82 Å². The fourth-order valence-corrected chi connectivity index (χ4v) is 3.31. The Balaban J connectivity index is 1.43. The van der Waals surface area contributed by atoms with E-state index in [1.165, 1.54) is 37.9 Å². The number of H-pyrrole nitrogens is 1. The first-order valence-corrected chi connectivity index (χ1v) is 8.04. The molecule has 0 spiro atoms. The lowest BCUT2D eigenvalue weighted by atomic mass is 9.97. The molecule has 1 saturated carbocycles. The number of hydrogen-bond acceptors (Lipinski definition) is 3. The van der Waals surface area contributed by atoms with Crippen molar-refractivity contribution < 1.29 is 0 Å². The number of nitrogens with one attached hydrogen (secondary N) is 1. The van der Waals surface area contributed by atoms with Gasteiger partial charge in [0.25, 0.3) is 0 Å². The molecule has 2 aromatic heterocycles. The zero-order valence-corrected chi connectivity index (χ0v) is 12.6. The Hall–Kier alpha value is -1.62. The molecule has 2 aromatic rings. The normalized spacial score (nSPS) is 23.6. The van der Waals surface area contributed by atoms with Crippen molar-refractivity contribution in [2.24, 2.45) is 7.05 Å². The molecule has 1 saturated heterocycles. The summed E-state index contributed by atoms with van der Waals surface area (Å²) in [5.41, 5.74) is 1.38. The fourth-order valence-electron chi connectivity index (χ4n) is 3.31. The van der Waals surface area contributed by atoms with E-state index < -0.39 is 0 Å². The van der Waals surface area contributed by atoms with Crippen LogP contribution in [0.15, 0.2) is 18.3 Å². The molecule has 0 radical (unpaired) electrons. The second-order valence-electron chi connectivity index (χ2n) is 6.54. The summed E-state index contributed by atoms with van der Waals surface area (Å²) in [6, 6.07) is 4.33. The predicted octanol–water partition coefficient (Wildman–Crippen LogP) is 2.40. The van der Waals surface area contributed by atoms with E-state index in [0.29, 0.717) is 11.8 Å². The maximum Gasteiger partial charge on any atom is 0.155 e. The first-order chi connectivity index (χ1) is 10.3. The van der Waals surface area contributed by atoms with Crippen LogP contribution >= 0.6 is 0 Å². The van der Waals surface area contributed by atoms with Gasteiger partial charge >= 0.3 is 0 Å². The van der Waals surface area contributed by atoms with Crippen LogP contribution in [0.25, 0.3) is 0 Å². The minimum absolute atomic E-state index is 0.489. The van der Waals surface area contributed by atoms with E-state index in [-0.39, 0.29) is 0 Å². The summed E-state index contributed by atoms with van der Waals surface area (Å²) in [6.45, 7) is 3.29. The van der Waals surface area contributed by atoms with Gasteiger partial charge in [0.1, 0.15) is 5.82 Å². The van der Waals surface area contributed by atoms with Gasteiger partial charge in [-0.05, 0) is 44.4 Å². The van der Waals surface area contributed by atoms with Crippen molar-refractivity contribution >= 4 is 0 Å². The van der Waals surface area contributed by atoms with Crippen LogP contribution in [-0.2, 0) is 13.6 Å². The van der Waals surface area contributed by atoms with E-state index in [9.17, 15) is 0 Å². The summed E-state index contributed by atoms with van der Waals surface area (Å²) >= 11 is 0. The van der Waals surface area contributed by atoms with E-state index in [2.05, 4.69) is 45.0 Å². The Kier molecular flexibility index (Phi) is 3.30. The number of hydrogen-bond donors (Lipinski definition) is 1. The summed E-state index contributed by atoms with van der Waals surface area (Å²) in [4.78, 5) is 7.28. The molecule has 4 rings (SSSR count). The van der Waals surface area contributed by atoms with Crippen LogP contribution in [0.3, 0.4) is 0 Å². The lowest BCUT2D eigenvalue weighted by Gasteiger charge is -2.31. The third-order valence-corrected chi connectivity index (χ3v) is 4.79. The minimum Gasteiger partial charge on any atom is -0.353 e. The number of aromatic nitrogens is 4. The molecule has 0 aromatic carbocycles. The smallest absolute Gasteiger partial charge is 0.155 e. The highest BCUT2D eigenvalue weighted by molar-refractivity contribution is 5.10. The van der Waals surface area contributed by atoms with Crippen LogP contribution in [0.4, 0.5) is 0 Å². The van der Waals surface area contributed by atoms with Gasteiger partial charge in [-0.15, -0.1) is 0 Å². The minimum atomic E-state index is 0.489. The second-order valence-corrected chi connectivity index (χ2v) is 6.54. The molecule has 1 N–H and O–H groups in total. The van der Waals surface area contributed by atoms with E-state index in [0.717, 1.165) is 24.7 Å². The molecule has 1 atom stereocenters. The second kappa shape index (κ2) is 5.30. The molecule has 0 amide bonds. The van der Waals surface area contributed by atoms with Gasteiger partial charge in [0.05, 0.1) is 0 Å². The van der Waals surface area contributed by atoms with E-state index >= 15 is 0 Å². The quantitative estimate of drug-likeness (QED) is 0.938. The average Bonchev–Trinajstić information content (AvgIpc) is 3.09. The van der Waals surface area contributed by atoms with Crippen LogP contribution in [0, 0.1) is 0 Å². The van der Waals surface area contributed by atoms with Crippen LogP contribution in [0.5, 0.6) is 0 Å². The van der Waals surface area contributed by atoms with E-state index in [1.807, 2.05) is 0 Å². The molecule has 1 unspecified atom stereocenters. The summed E-state index contributed by atoms with van der Waals surface area (Å²) < 4.78 is 2.21. The molecule has 2 fully saturated rings. The first-order valence-electron chi connectivity index (χ1n) is 8.04. The molecular weight excluding hydrogens is 262 g/mol. The van der Waals surface area contributed by atoms with Gasteiger partial charge in [-0.3, -0.25) is 10.00 Å². The number of aryl methyl sites for hydroxylation is 1. The molecule has 5 nitrogen and oxygen atoms in total. The molecule has 2 aliphatic rings. The summed E-state index contributed by atoms with van der Waals surface area (Å²) in [5, 5.41) is 7.63. The van der Waals surface area contributed by atoms with Crippen LogP contribution in [0.1, 0.15) is 54.9 Å². The lowest BCUT2D eigenvalue weighted by Crippen LogP contribution is -2.34. The van der Waals surface area contributed by atoms with Gasteiger partial charge in [-0.1, -0.05) is 0 Å². The third-order valence-electron chi connectivity index (χ3n) is 4.79. The maximum absolute atomic E-state index is 4.75. The molecule has 3 heterocycles. The molecule has 1 aliphatic heterocycles. The largest absolute Gasteiger partial charge is 0.353 e. The number of nitrogens with zero attached hydrogens (tertiary/aromatic N) is 4. The van der Waals surface area contributed by atoms with Crippen LogP contribution in [0.2, 0.25) is 0 Å². The van der Waals surface area contributed by atoms with Crippen LogP contribution < -0.4 is 0 Å². The van der Waals surface area contributed by atoms with Crippen molar-refractivity contribution in [1.82, 2.24) is 24.6 Å². The number of piperidine rings is 1. The summed E-state index contributed by atoms with van der Waals surface area (Å²) in [7, 11) is 2.12. The molecule has 21 heavy (non-hydrogen) atoms. The Bertz CT molecular complexity index is 610. The van der Waals surface area contributed by atoms with Crippen molar-refractivity contribution in [2.45, 2.75) is 44.1 Å². The third kappa shape index (κ3) is 2.75. The number of aromatic amines is 1. The Labute approximate surface area is 125 Å². The fraction of sp³-hybridized carbons (Fsp3) is 0.625. The first kappa shape index (κ1) is 13.1. The van der Waals surface area contributed by atoms with Crippen molar-refractivity contribution in [3.8, 4) is 0 Å². The van der Waals surface area contributed by atoms with Crippen molar-refractivity contribution in [3.63, 3.8) is 0 Å².